The van der Waals surface area contributed by atoms with Crippen molar-refractivity contribution < 1.29 is 14.2 Å². The van der Waals surface area contributed by atoms with Crippen LogP contribution in [0.3, 0.4) is 0 Å². The van der Waals surface area contributed by atoms with Gasteiger partial charge in [-0.2, -0.15) is 0 Å². The Kier molecular flexibility index (Phi) is 3.35. The van der Waals surface area contributed by atoms with Gasteiger partial charge in [0.1, 0.15) is 5.82 Å². The van der Waals surface area contributed by atoms with Gasteiger partial charge in [0, 0.05) is 6.07 Å². The van der Waals surface area contributed by atoms with E-state index in [4.69, 9.17) is 4.74 Å². The van der Waals surface area contributed by atoms with Gasteiger partial charge in [-0.05, 0) is 42.5 Å². The van der Waals surface area contributed by atoms with E-state index in [1.165, 1.54) is 6.07 Å². The standard InChI is InChI=1S/C9H10FIO2/c1-5(2)13-9-7(11)3-6(10)4-8(9)12/h3-5,12H,1-2H3. The average Bonchev–Trinajstić information content (AvgIpc) is 1.96. The van der Waals surface area contributed by atoms with Crippen molar-refractivity contribution in [2.75, 3.05) is 0 Å². The van der Waals surface area contributed by atoms with Gasteiger partial charge < -0.3 is 9.84 Å². The van der Waals surface area contributed by atoms with E-state index >= 15 is 0 Å². The first-order valence-electron chi connectivity index (χ1n) is 3.85. The van der Waals surface area contributed by atoms with Crippen LogP contribution < -0.4 is 4.74 Å². The van der Waals surface area contributed by atoms with Crippen molar-refractivity contribution in [1.29, 1.82) is 0 Å². The van der Waals surface area contributed by atoms with E-state index in [2.05, 4.69) is 0 Å². The average molecular weight is 296 g/mol. The minimum atomic E-state index is -0.460. The number of phenols is 1. The predicted molar refractivity (Wildman–Crippen MR) is 56.5 cm³/mol. The first-order chi connectivity index (χ1) is 6.00. The van der Waals surface area contributed by atoms with Gasteiger partial charge in [-0.1, -0.05) is 0 Å². The molecule has 0 bridgehead atoms. The van der Waals surface area contributed by atoms with Gasteiger partial charge >= 0.3 is 0 Å². The van der Waals surface area contributed by atoms with Gasteiger partial charge in [0.2, 0.25) is 0 Å². The Labute approximate surface area is 89.9 Å². The topological polar surface area (TPSA) is 29.5 Å². The molecule has 0 spiro atoms. The maximum atomic E-state index is 12.7. The fourth-order valence-electron chi connectivity index (χ4n) is 0.899. The number of ether oxygens (including phenoxy) is 1. The number of rotatable bonds is 2. The van der Waals surface area contributed by atoms with Crippen LogP contribution in [0.15, 0.2) is 12.1 Å². The van der Waals surface area contributed by atoms with E-state index in [0.717, 1.165) is 6.07 Å². The highest BCUT2D eigenvalue weighted by molar-refractivity contribution is 14.1. The molecule has 4 heteroatoms. The first-order valence-corrected chi connectivity index (χ1v) is 4.93. The Bertz CT molecular complexity index is 289. The molecule has 0 aromatic heterocycles. The van der Waals surface area contributed by atoms with E-state index in [1.807, 2.05) is 36.4 Å². The summed E-state index contributed by atoms with van der Waals surface area (Å²) in [5, 5.41) is 9.35. The Hall–Kier alpha value is -0.520. The lowest BCUT2D eigenvalue weighted by molar-refractivity contribution is 0.229. The van der Waals surface area contributed by atoms with E-state index in [9.17, 15) is 9.50 Å². The molecule has 1 aromatic rings. The monoisotopic (exact) mass is 296 g/mol. The number of hydrogen-bond acceptors (Lipinski definition) is 2. The molecule has 0 unspecified atom stereocenters. The minimum Gasteiger partial charge on any atom is -0.504 e. The van der Waals surface area contributed by atoms with Crippen LogP contribution in [0.4, 0.5) is 4.39 Å². The van der Waals surface area contributed by atoms with E-state index in [0.29, 0.717) is 9.32 Å². The van der Waals surface area contributed by atoms with Crippen molar-refractivity contribution in [2.24, 2.45) is 0 Å². The van der Waals surface area contributed by atoms with Crippen LogP contribution in [0.5, 0.6) is 11.5 Å². The Balaban J connectivity index is 3.06. The Morgan fingerprint density at radius 1 is 1.46 bits per heavy atom. The minimum absolute atomic E-state index is 0.0372. The van der Waals surface area contributed by atoms with Gasteiger partial charge in [-0.25, -0.2) is 4.39 Å². The molecule has 0 amide bonds. The van der Waals surface area contributed by atoms with Crippen molar-refractivity contribution in [3.63, 3.8) is 0 Å². The van der Waals surface area contributed by atoms with Crippen molar-refractivity contribution >= 4 is 22.6 Å². The third kappa shape index (κ3) is 2.72. The highest BCUT2D eigenvalue weighted by Crippen LogP contribution is 2.33. The van der Waals surface area contributed by atoms with Crippen LogP contribution in [0.1, 0.15) is 13.8 Å². The molecule has 1 N–H and O–H groups in total. The largest absolute Gasteiger partial charge is 0.504 e. The normalized spacial score (nSPS) is 10.5. The molecule has 0 aliphatic rings. The molecule has 0 saturated carbocycles. The lowest BCUT2D eigenvalue weighted by atomic mass is 10.3. The third-order valence-corrected chi connectivity index (χ3v) is 2.14. The molecule has 1 rings (SSSR count). The maximum absolute atomic E-state index is 12.7. The molecule has 72 valence electrons. The van der Waals surface area contributed by atoms with E-state index < -0.39 is 5.82 Å². The highest BCUT2D eigenvalue weighted by atomic mass is 127. The summed E-state index contributed by atoms with van der Waals surface area (Å²) < 4.78 is 18.6. The van der Waals surface area contributed by atoms with Crippen LogP contribution in [-0.2, 0) is 0 Å². The molecule has 1 aromatic carbocycles. The summed E-state index contributed by atoms with van der Waals surface area (Å²) in [6.45, 7) is 3.69. The van der Waals surface area contributed by atoms with Crippen molar-refractivity contribution in [2.45, 2.75) is 20.0 Å². The molecular formula is C9H10FIO2. The predicted octanol–water partition coefficient (Wildman–Crippen LogP) is 2.92. The number of benzene rings is 1. The summed E-state index contributed by atoms with van der Waals surface area (Å²) >= 11 is 1.92. The van der Waals surface area contributed by atoms with Crippen molar-refractivity contribution in [1.82, 2.24) is 0 Å². The second kappa shape index (κ2) is 4.13. The molecule has 0 heterocycles. The lowest BCUT2D eigenvalue weighted by Crippen LogP contribution is -2.07. The van der Waals surface area contributed by atoms with Crippen LogP contribution in [-0.4, -0.2) is 11.2 Å². The fraction of sp³-hybridized carbons (Fsp3) is 0.333. The van der Waals surface area contributed by atoms with Crippen LogP contribution >= 0.6 is 22.6 Å². The highest BCUT2D eigenvalue weighted by Gasteiger charge is 2.10. The SMILES string of the molecule is CC(C)Oc1c(O)cc(F)cc1I. The Morgan fingerprint density at radius 2 is 2.08 bits per heavy atom. The zero-order valence-electron chi connectivity index (χ0n) is 7.34. The fourth-order valence-corrected chi connectivity index (χ4v) is 1.60. The van der Waals surface area contributed by atoms with Gasteiger partial charge in [0.15, 0.2) is 11.5 Å². The summed E-state index contributed by atoms with van der Waals surface area (Å²) in [5.74, 6) is -0.270. The molecule has 0 aliphatic heterocycles. The maximum Gasteiger partial charge on any atom is 0.174 e. The van der Waals surface area contributed by atoms with Gasteiger partial charge in [0.05, 0.1) is 9.67 Å². The number of hydrogen-bond donors (Lipinski definition) is 1. The molecule has 2 nitrogen and oxygen atoms in total. The molecular weight excluding hydrogens is 286 g/mol. The number of aromatic hydroxyl groups is 1. The van der Waals surface area contributed by atoms with Crippen molar-refractivity contribution in [3.8, 4) is 11.5 Å². The second-order valence-electron chi connectivity index (χ2n) is 2.90. The molecule has 13 heavy (non-hydrogen) atoms. The Morgan fingerprint density at radius 3 is 2.54 bits per heavy atom. The van der Waals surface area contributed by atoms with Crippen LogP contribution in [0, 0.1) is 9.39 Å². The molecule has 0 atom stereocenters. The smallest absolute Gasteiger partial charge is 0.174 e. The van der Waals surface area contributed by atoms with Gasteiger partial charge in [0.25, 0.3) is 0 Å². The summed E-state index contributed by atoms with van der Waals surface area (Å²) in [6.07, 6.45) is -0.0372. The zero-order chi connectivity index (χ0) is 10.0. The first kappa shape index (κ1) is 10.6. The van der Waals surface area contributed by atoms with E-state index in [-0.39, 0.29) is 11.9 Å². The lowest BCUT2D eigenvalue weighted by Gasteiger charge is -2.12. The number of halogens is 2. The third-order valence-electron chi connectivity index (χ3n) is 1.34. The van der Waals surface area contributed by atoms with Crippen molar-refractivity contribution in [3.05, 3.63) is 21.5 Å². The number of phenolic OH excluding ortho intramolecular Hbond substituents is 1. The molecule has 0 aliphatic carbocycles. The van der Waals surface area contributed by atoms with Gasteiger partial charge in [-0.15, -0.1) is 0 Å². The van der Waals surface area contributed by atoms with Crippen LogP contribution in [0.2, 0.25) is 0 Å². The molecule has 0 saturated heterocycles. The van der Waals surface area contributed by atoms with E-state index in [1.54, 1.807) is 0 Å². The molecule has 0 radical (unpaired) electrons. The summed E-state index contributed by atoms with van der Waals surface area (Å²) in [5.41, 5.74) is 0. The zero-order valence-corrected chi connectivity index (χ0v) is 9.50. The summed E-state index contributed by atoms with van der Waals surface area (Å²) in [4.78, 5) is 0. The van der Waals surface area contributed by atoms with Crippen LogP contribution in [0.25, 0.3) is 0 Å². The summed E-state index contributed by atoms with van der Waals surface area (Å²) in [6, 6.07) is 2.36. The summed E-state index contributed by atoms with van der Waals surface area (Å²) in [7, 11) is 0. The van der Waals surface area contributed by atoms with Gasteiger partial charge in [-0.3, -0.25) is 0 Å². The second-order valence-corrected chi connectivity index (χ2v) is 4.06. The molecule has 0 fully saturated rings. The quantitative estimate of drug-likeness (QED) is 0.850.